The van der Waals surface area contributed by atoms with Crippen molar-refractivity contribution in [2.45, 2.75) is 25.1 Å². The Kier molecular flexibility index (Phi) is 6.89. The number of halogens is 4. The molecule has 2 heterocycles. The summed E-state index contributed by atoms with van der Waals surface area (Å²) in [5.41, 5.74) is -0.939. The van der Waals surface area contributed by atoms with Crippen LogP contribution in [0.3, 0.4) is 0 Å². The molecule has 11 heteroatoms. The van der Waals surface area contributed by atoms with Gasteiger partial charge in [0.25, 0.3) is 5.91 Å². The molecule has 1 saturated heterocycles. The quantitative estimate of drug-likeness (QED) is 0.586. The monoisotopic (exact) mass is 461 g/mol. The van der Waals surface area contributed by atoms with E-state index in [4.69, 9.17) is 11.6 Å². The third-order valence-corrected chi connectivity index (χ3v) is 5.73. The Morgan fingerprint density at radius 3 is 2.63 bits per heavy atom. The van der Waals surface area contributed by atoms with Crippen LogP contribution in [0.15, 0.2) is 30.3 Å². The van der Waals surface area contributed by atoms with E-state index in [2.05, 4.69) is 10.6 Å². The van der Waals surface area contributed by atoms with Crippen LogP contribution in [0.1, 0.15) is 28.1 Å². The Balaban J connectivity index is 1.60. The summed E-state index contributed by atoms with van der Waals surface area (Å²) in [6.45, 7) is 0.0845. The van der Waals surface area contributed by atoms with Gasteiger partial charge in [-0.05, 0) is 36.8 Å². The molecule has 0 radical (unpaired) electrons. The van der Waals surface area contributed by atoms with Gasteiger partial charge in [0, 0.05) is 31.7 Å². The van der Waals surface area contributed by atoms with Gasteiger partial charge in [-0.25, -0.2) is 0 Å². The average Bonchev–Trinajstić information content (AvgIpc) is 3.31. The molecule has 0 bridgehead atoms. The summed E-state index contributed by atoms with van der Waals surface area (Å²) in [4.78, 5) is 25.3. The molecule has 1 unspecified atom stereocenters. The van der Waals surface area contributed by atoms with Crippen molar-refractivity contribution in [2.24, 2.45) is 0 Å². The summed E-state index contributed by atoms with van der Waals surface area (Å²) in [7, 11) is 0. The van der Waals surface area contributed by atoms with Crippen LogP contribution in [0.5, 0.6) is 0 Å². The number of benzene rings is 1. The van der Waals surface area contributed by atoms with Crippen LogP contribution in [0.2, 0.25) is 4.34 Å². The fraction of sp³-hybridized carbons (Fsp3) is 0.368. The van der Waals surface area contributed by atoms with E-state index in [-0.39, 0.29) is 43.3 Å². The highest BCUT2D eigenvalue weighted by Gasteiger charge is 2.37. The lowest BCUT2D eigenvalue weighted by molar-refractivity contribution is -0.137. The number of nitrogens with one attached hydrogen (secondary N) is 2. The van der Waals surface area contributed by atoms with Crippen LogP contribution < -0.4 is 15.5 Å². The average molecular weight is 462 g/mol. The van der Waals surface area contributed by atoms with Crippen molar-refractivity contribution in [3.8, 4) is 0 Å². The summed E-state index contributed by atoms with van der Waals surface area (Å²) in [5, 5.41) is 15.3. The van der Waals surface area contributed by atoms with Crippen molar-refractivity contribution in [1.29, 1.82) is 0 Å². The molecule has 0 spiro atoms. The Morgan fingerprint density at radius 2 is 2.03 bits per heavy atom. The Bertz CT molecular complexity index is 935. The van der Waals surface area contributed by atoms with Gasteiger partial charge in [0.1, 0.15) is 0 Å². The van der Waals surface area contributed by atoms with Crippen LogP contribution in [0.25, 0.3) is 0 Å². The highest BCUT2D eigenvalue weighted by atomic mass is 35.5. The second kappa shape index (κ2) is 9.23. The molecule has 1 atom stereocenters. The van der Waals surface area contributed by atoms with Crippen LogP contribution in [0.4, 0.5) is 24.5 Å². The number of alkyl halides is 3. The van der Waals surface area contributed by atoms with Gasteiger partial charge >= 0.3 is 6.18 Å². The van der Waals surface area contributed by atoms with E-state index >= 15 is 0 Å². The second-order valence-electron chi connectivity index (χ2n) is 6.73. The van der Waals surface area contributed by atoms with Gasteiger partial charge in [0.05, 0.1) is 26.6 Å². The van der Waals surface area contributed by atoms with Crippen LogP contribution >= 0.6 is 22.9 Å². The Labute approximate surface area is 179 Å². The lowest BCUT2D eigenvalue weighted by atomic mass is 10.1. The van der Waals surface area contributed by atoms with E-state index in [1.807, 2.05) is 0 Å². The molecule has 2 aromatic rings. The smallest absolute Gasteiger partial charge is 0.389 e. The minimum atomic E-state index is -4.63. The number of hydrogen-bond acceptors (Lipinski definition) is 5. The van der Waals surface area contributed by atoms with Crippen molar-refractivity contribution in [3.63, 3.8) is 0 Å². The van der Waals surface area contributed by atoms with Gasteiger partial charge < -0.3 is 20.6 Å². The number of thiophene rings is 1. The number of aliphatic hydroxyl groups excluding tert-OH is 1. The zero-order chi connectivity index (χ0) is 21.9. The van der Waals surface area contributed by atoms with Gasteiger partial charge in [-0.15, -0.1) is 11.3 Å². The SMILES string of the molecule is O=C(NCC(O)CNc1ccc(N2CCCC2=O)c(C(F)(F)F)c1)c1ccc(Cl)s1. The van der Waals surface area contributed by atoms with Crippen molar-refractivity contribution >= 4 is 46.1 Å². The van der Waals surface area contributed by atoms with Crippen LogP contribution in [-0.4, -0.2) is 42.7 Å². The largest absolute Gasteiger partial charge is 0.418 e. The number of aliphatic hydroxyl groups is 1. The molecule has 6 nitrogen and oxygen atoms in total. The number of nitrogens with zero attached hydrogens (tertiary/aromatic N) is 1. The first-order valence-corrected chi connectivity index (χ1v) is 10.3. The topological polar surface area (TPSA) is 81.7 Å². The van der Waals surface area contributed by atoms with Crippen molar-refractivity contribution < 1.29 is 27.9 Å². The molecule has 3 N–H and O–H groups in total. The minimum absolute atomic E-state index is 0.0786. The Hall–Kier alpha value is -2.30. The van der Waals surface area contributed by atoms with Crippen molar-refractivity contribution in [2.75, 3.05) is 29.9 Å². The van der Waals surface area contributed by atoms with Crippen LogP contribution in [-0.2, 0) is 11.0 Å². The third-order valence-electron chi connectivity index (χ3n) is 4.50. The fourth-order valence-electron chi connectivity index (χ4n) is 3.05. The third kappa shape index (κ3) is 5.44. The number of hydrogen-bond donors (Lipinski definition) is 3. The molecule has 3 rings (SSSR count). The normalized spacial score (nSPS) is 15.4. The lowest BCUT2D eigenvalue weighted by Crippen LogP contribution is -2.35. The zero-order valence-corrected chi connectivity index (χ0v) is 17.2. The summed E-state index contributed by atoms with van der Waals surface area (Å²) >= 11 is 6.86. The number of carbonyl (C=O) groups is 2. The maximum atomic E-state index is 13.5. The molecular weight excluding hydrogens is 443 g/mol. The van der Waals surface area contributed by atoms with Gasteiger partial charge in [-0.3, -0.25) is 9.59 Å². The highest BCUT2D eigenvalue weighted by molar-refractivity contribution is 7.17. The first kappa shape index (κ1) is 22.4. The fourth-order valence-corrected chi connectivity index (χ4v) is 4.01. The maximum absolute atomic E-state index is 13.5. The predicted octanol–water partition coefficient (Wildman–Crippen LogP) is 3.75. The summed E-state index contributed by atoms with van der Waals surface area (Å²) in [6, 6.07) is 6.73. The predicted molar refractivity (Wildman–Crippen MR) is 109 cm³/mol. The van der Waals surface area contributed by atoms with E-state index < -0.39 is 23.8 Å². The van der Waals surface area contributed by atoms with Crippen LogP contribution in [0, 0.1) is 0 Å². The standard InChI is InChI=1S/C19H19ClF3N3O3S/c20-16-6-5-15(30-16)18(29)25-10-12(27)9-24-11-3-4-14(13(8-11)19(21,22)23)26-7-1-2-17(26)28/h3-6,8,12,24,27H,1-2,7,9-10H2,(H,25,29). The van der Waals surface area contributed by atoms with E-state index in [9.17, 15) is 27.9 Å². The Morgan fingerprint density at radius 1 is 1.27 bits per heavy atom. The van der Waals surface area contributed by atoms with Gasteiger partial charge in [-0.1, -0.05) is 11.6 Å². The highest BCUT2D eigenvalue weighted by Crippen LogP contribution is 2.39. The van der Waals surface area contributed by atoms with E-state index in [1.54, 1.807) is 12.1 Å². The number of amides is 2. The molecular formula is C19H19ClF3N3O3S. The van der Waals surface area contributed by atoms with E-state index in [0.717, 1.165) is 22.3 Å². The molecule has 1 aromatic carbocycles. The summed E-state index contributed by atoms with van der Waals surface area (Å²) in [5.74, 6) is -0.732. The van der Waals surface area contributed by atoms with Crippen molar-refractivity contribution in [1.82, 2.24) is 5.32 Å². The number of carbonyl (C=O) groups excluding carboxylic acids is 2. The lowest BCUT2D eigenvalue weighted by Gasteiger charge is -2.22. The second-order valence-corrected chi connectivity index (χ2v) is 8.44. The van der Waals surface area contributed by atoms with E-state index in [0.29, 0.717) is 15.6 Å². The van der Waals surface area contributed by atoms with Gasteiger partial charge in [-0.2, -0.15) is 13.2 Å². The maximum Gasteiger partial charge on any atom is 0.418 e. The van der Waals surface area contributed by atoms with Gasteiger partial charge in [0.15, 0.2) is 0 Å². The molecule has 162 valence electrons. The molecule has 1 aromatic heterocycles. The molecule has 2 amide bonds. The van der Waals surface area contributed by atoms with E-state index in [1.165, 1.54) is 12.1 Å². The van der Waals surface area contributed by atoms with Crippen molar-refractivity contribution in [3.05, 3.63) is 45.1 Å². The molecule has 1 aliphatic rings. The summed E-state index contributed by atoms with van der Waals surface area (Å²) in [6.07, 6.45) is -4.91. The molecule has 1 aliphatic heterocycles. The first-order valence-electron chi connectivity index (χ1n) is 9.12. The number of rotatable bonds is 7. The van der Waals surface area contributed by atoms with Gasteiger partial charge in [0.2, 0.25) is 5.91 Å². The number of anilines is 2. The molecule has 0 aliphatic carbocycles. The minimum Gasteiger partial charge on any atom is -0.389 e. The zero-order valence-electron chi connectivity index (χ0n) is 15.6. The first-order chi connectivity index (χ1) is 14.1. The molecule has 1 fully saturated rings. The molecule has 30 heavy (non-hydrogen) atoms. The summed E-state index contributed by atoms with van der Waals surface area (Å²) < 4.78 is 41.0. The molecule has 0 saturated carbocycles.